The number of anilines is 2. The van der Waals surface area contributed by atoms with Crippen molar-refractivity contribution in [3.63, 3.8) is 0 Å². The van der Waals surface area contributed by atoms with E-state index in [4.69, 9.17) is 5.73 Å². The number of nitrogens with one attached hydrogen (secondary N) is 1. The van der Waals surface area contributed by atoms with Crippen molar-refractivity contribution in [3.8, 4) is 0 Å². The van der Waals surface area contributed by atoms with E-state index in [1.807, 2.05) is 24.5 Å². The average Bonchev–Trinajstić information content (AvgIpc) is 2.41. The van der Waals surface area contributed by atoms with Crippen molar-refractivity contribution in [1.29, 1.82) is 0 Å². The highest BCUT2D eigenvalue weighted by molar-refractivity contribution is 7.98. The van der Waals surface area contributed by atoms with Crippen LogP contribution in [-0.4, -0.2) is 14.7 Å². The number of hydrogen-bond donors (Lipinski definition) is 2. The zero-order valence-corrected chi connectivity index (χ0v) is 12.7. The first-order chi connectivity index (χ1) is 9.48. The van der Waals surface area contributed by atoms with Crippen molar-refractivity contribution in [2.45, 2.75) is 10.6 Å². The van der Waals surface area contributed by atoms with E-state index in [2.05, 4.69) is 4.72 Å². The normalized spacial score (nSPS) is 11.2. The van der Waals surface area contributed by atoms with E-state index in [1.54, 1.807) is 42.1 Å². The van der Waals surface area contributed by atoms with Crippen molar-refractivity contribution in [1.82, 2.24) is 0 Å². The highest BCUT2D eigenvalue weighted by Crippen LogP contribution is 2.20. The predicted molar refractivity (Wildman–Crippen MR) is 85.3 cm³/mol. The summed E-state index contributed by atoms with van der Waals surface area (Å²) in [5.41, 5.74) is 7.47. The summed E-state index contributed by atoms with van der Waals surface area (Å²) in [6, 6.07) is 14.1. The Morgan fingerprint density at radius 2 is 1.85 bits per heavy atom. The third kappa shape index (κ3) is 4.18. The van der Waals surface area contributed by atoms with Gasteiger partial charge in [0.15, 0.2) is 0 Å². The van der Waals surface area contributed by atoms with Crippen molar-refractivity contribution in [3.05, 3.63) is 54.1 Å². The average molecular weight is 308 g/mol. The van der Waals surface area contributed by atoms with Crippen LogP contribution in [0.5, 0.6) is 0 Å². The molecule has 0 radical (unpaired) electrons. The smallest absolute Gasteiger partial charge is 0.236 e. The Balaban J connectivity index is 2.12. The van der Waals surface area contributed by atoms with Crippen LogP contribution in [0.1, 0.15) is 5.56 Å². The van der Waals surface area contributed by atoms with Crippen molar-refractivity contribution < 1.29 is 8.42 Å². The van der Waals surface area contributed by atoms with Crippen LogP contribution in [0.3, 0.4) is 0 Å². The molecular formula is C14H16N2O2S2. The molecule has 0 atom stereocenters. The highest BCUT2D eigenvalue weighted by Gasteiger charge is 2.11. The van der Waals surface area contributed by atoms with Gasteiger partial charge in [-0.2, -0.15) is 0 Å². The van der Waals surface area contributed by atoms with Gasteiger partial charge in [0.25, 0.3) is 0 Å². The lowest BCUT2D eigenvalue weighted by Gasteiger charge is -2.09. The van der Waals surface area contributed by atoms with Crippen molar-refractivity contribution in [2.75, 3.05) is 16.7 Å². The van der Waals surface area contributed by atoms with Crippen LogP contribution in [0.15, 0.2) is 53.4 Å². The molecule has 0 aliphatic carbocycles. The Bertz CT molecular complexity index is 683. The molecule has 6 heteroatoms. The van der Waals surface area contributed by atoms with Crippen LogP contribution < -0.4 is 10.5 Å². The second-order valence-corrected chi connectivity index (χ2v) is 6.94. The monoisotopic (exact) mass is 308 g/mol. The third-order valence-corrected chi connectivity index (χ3v) is 4.66. The lowest BCUT2D eigenvalue weighted by molar-refractivity contribution is 0.600. The Labute approximate surface area is 123 Å². The van der Waals surface area contributed by atoms with Gasteiger partial charge in [0.1, 0.15) is 0 Å². The second-order valence-electron chi connectivity index (χ2n) is 4.33. The zero-order valence-electron chi connectivity index (χ0n) is 11.0. The van der Waals surface area contributed by atoms with E-state index in [0.717, 1.165) is 4.90 Å². The van der Waals surface area contributed by atoms with E-state index >= 15 is 0 Å². The number of hydrogen-bond acceptors (Lipinski definition) is 4. The topological polar surface area (TPSA) is 72.2 Å². The molecule has 2 aromatic carbocycles. The first-order valence-electron chi connectivity index (χ1n) is 5.97. The number of sulfonamides is 1. The van der Waals surface area contributed by atoms with Gasteiger partial charge in [-0.15, -0.1) is 11.8 Å². The van der Waals surface area contributed by atoms with Gasteiger partial charge in [0, 0.05) is 16.3 Å². The molecule has 4 nitrogen and oxygen atoms in total. The molecular weight excluding hydrogens is 292 g/mol. The number of thioether (sulfide) groups is 1. The minimum atomic E-state index is -3.43. The molecule has 0 heterocycles. The lowest BCUT2D eigenvalue weighted by Crippen LogP contribution is -2.15. The summed E-state index contributed by atoms with van der Waals surface area (Å²) >= 11 is 1.57. The summed E-state index contributed by atoms with van der Waals surface area (Å²) in [5.74, 6) is -0.0726. The molecule has 3 N–H and O–H groups in total. The minimum Gasteiger partial charge on any atom is -0.399 e. The van der Waals surface area contributed by atoms with Crippen LogP contribution in [0.2, 0.25) is 0 Å². The molecule has 0 saturated carbocycles. The van der Waals surface area contributed by atoms with Crippen LogP contribution in [0.4, 0.5) is 11.4 Å². The van der Waals surface area contributed by atoms with E-state index in [9.17, 15) is 8.42 Å². The zero-order chi connectivity index (χ0) is 14.6. The number of nitrogens with two attached hydrogens (primary N) is 1. The van der Waals surface area contributed by atoms with Gasteiger partial charge in [0.05, 0.1) is 5.75 Å². The van der Waals surface area contributed by atoms with Crippen molar-refractivity contribution >= 4 is 33.2 Å². The quantitative estimate of drug-likeness (QED) is 0.658. The number of benzene rings is 2. The van der Waals surface area contributed by atoms with Crippen LogP contribution in [0, 0.1) is 0 Å². The first kappa shape index (κ1) is 14.7. The maximum absolute atomic E-state index is 12.1. The maximum Gasteiger partial charge on any atom is 0.236 e. The van der Waals surface area contributed by atoms with E-state index < -0.39 is 10.0 Å². The Morgan fingerprint density at radius 1 is 1.15 bits per heavy atom. The summed E-state index contributed by atoms with van der Waals surface area (Å²) in [6.45, 7) is 0. The predicted octanol–water partition coefficient (Wildman–Crippen LogP) is 2.93. The Hall–Kier alpha value is -1.66. The van der Waals surface area contributed by atoms with Gasteiger partial charge in [-0.1, -0.05) is 18.2 Å². The summed E-state index contributed by atoms with van der Waals surface area (Å²) in [7, 11) is -3.43. The summed E-state index contributed by atoms with van der Waals surface area (Å²) in [6.07, 6.45) is 1.95. The van der Waals surface area contributed by atoms with Gasteiger partial charge in [-0.3, -0.25) is 4.72 Å². The molecule has 20 heavy (non-hydrogen) atoms. The molecule has 0 bridgehead atoms. The second kappa shape index (κ2) is 6.19. The molecule has 0 aromatic heterocycles. The van der Waals surface area contributed by atoms with Crippen LogP contribution >= 0.6 is 11.8 Å². The molecule has 0 fully saturated rings. The highest BCUT2D eigenvalue weighted by atomic mass is 32.2. The van der Waals surface area contributed by atoms with Gasteiger partial charge >= 0.3 is 0 Å². The summed E-state index contributed by atoms with van der Waals surface area (Å²) in [4.78, 5) is 1.01. The standard InChI is InChI=1S/C14H16N2O2S2/c1-19-14-4-2-3-13(9-14)16-20(17,18)10-11-5-7-12(15)8-6-11/h2-9,16H,10,15H2,1H3. The SMILES string of the molecule is CSc1cccc(NS(=O)(=O)Cc2ccc(N)cc2)c1. The summed E-state index contributed by atoms with van der Waals surface area (Å²) in [5, 5.41) is 0. The van der Waals surface area contributed by atoms with Crippen LogP contribution in [0.25, 0.3) is 0 Å². The fraction of sp³-hybridized carbons (Fsp3) is 0.143. The molecule has 0 amide bonds. The molecule has 0 aliphatic heterocycles. The van der Waals surface area contributed by atoms with Crippen molar-refractivity contribution in [2.24, 2.45) is 0 Å². The fourth-order valence-electron chi connectivity index (χ4n) is 1.74. The lowest BCUT2D eigenvalue weighted by atomic mass is 10.2. The maximum atomic E-state index is 12.1. The molecule has 0 saturated heterocycles. The molecule has 2 rings (SSSR count). The van der Waals surface area contributed by atoms with Gasteiger partial charge < -0.3 is 5.73 Å². The van der Waals surface area contributed by atoms with Gasteiger partial charge in [-0.25, -0.2) is 8.42 Å². The molecule has 0 unspecified atom stereocenters. The number of rotatable bonds is 5. The molecule has 106 valence electrons. The Morgan fingerprint density at radius 3 is 2.50 bits per heavy atom. The molecule has 0 spiro atoms. The number of nitrogen functional groups attached to an aromatic ring is 1. The van der Waals surface area contributed by atoms with Crippen LogP contribution in [-0.2, 0) is 15.8 Å². The first-order valence-corrected chi connectivity index (χ1v) is 8.85. The van der Waals surface area contributed by atoms with Gasteiger partial charge in [0.2, 0.25) is 10.0 Å². The summed E-state index contributed by atoms with van der Waals surface area (Å²) < 4.78 is 26.8. The van der Waals surface area contributed by atoms with E-state index in [1.165, 1.54) is 0 Å². The molecule has 0 aliphatic rings. The van der Waals surface area contributed by atoms with E-state index in [-0.39, 0.29) is 5.75 Å². The van der Waals surface area contributed by atoms with Gasteiger partial charge in [-0.05, 0) is 42.2 Å². The Kier molecular flexibility index (Phi) is 4.57. The largest absolute Gasteiger partial charge is 0.399 e. The minimum absolute atomic E-state index is 0.0726. The van der Waals surface area contributed by atoms with E-state index in [0.29, 0.717) is 16.9 Å². The fourth-order valence-corrected chi connectivity index (χ4v) is 3.38. The third-order valence-electron chi connectivity index (χ3n) is 2.68. The molecule has 2 aromatic rings.